The highest BCUT2D eigenvalue weighted by molar-refractivity contribution is 7.93. The number of amides is 4. The Morgan fingerprint density at radius 1 is 0.466 bits per heavy atom. The number of carbonyl (C=O) groups is 4. The Morgan fingerprint density at radius 2 is 0.805 bits per heavy atom. The Labute approximate surface area is 782 Å². The minimum absolute atomic E-state index is 0. The summed E-state index contributed by atoms with van der Waals surface area (Å²) in [5.41, 5.74) is 24.6. The minimum Gasteiger partial charge on any atom is -0.352 e. The number of aryl methyl sites for hydroxylation is 1. The number of benzene rings is 6. The molecule has 1 atom stereocenters. The maximum atomic E-state index is 14.1. The fourth-order valence-corrected chi connectivity index (χ4v) is 20.0. The Hall–Kier alpha value is -12.4. The van der Waals surface area contributed by atoms with Crippen molar-refractivity contribution in [2.75, 3.05) is 19.6 Å². The van der Waals surface area contributed by atoms with Gasteiger partial charge in [-0.1, -0.05) is 135 Å². The second-order valence-corrected chi connectivity index (χ2v) is 45.1. The van der Waals surface area contributed by atoms with Crippen molar-refractivity contribution >= 4 is 119 Å². The zero-order valence-corrected chi connectivity index (χ0v) is 79.6. The molecule has 36 heteroatoms. The van der Waals surface area contributed by atoms with E-state index >= 15 is 0 Å². The number of nitrogens with one attached hydrogen (secondary N) is 8. The Morgan fingerprint density at radius 3 is 1.15 bits per heavy atom. The normalized spacial score (nSPS) is 15.0. The van der Waals surface area contributed by atoms with E-state index in [1.807, 2.05) is 31.2 Å². The van der Waals surface area contributed by atoms with Crippen LogP contribution in [0.25, 0.3) is 89.7 Å². The summed E-state index contributed by atoms with van der Waals surface area (Å²) in [6.07, 6.45) is 24.1. The highest BCUT2D eigenvalue weighted by Gasteiger charge is 2.31. The van der Waals surface area contributed by atoms with Crippen molar-refractivity contribution in [3.63, 3.8) is 0 Å². The van der Waals surface area contributed by atoms with Crippen LogP contribution < -0.4 is 32.7 Å². The number of rotatable bonds is 27. The van der Waals surface area contributed by atoms with Gasteiger partial charge in [0.2, 0.25) is 0 Å². The van der Waals surface area contributed by atoms with Crippen LogP contribution in [0.2, 0.25) is 5.02 Å². The lowest BCUT2D eigenvalue weighted by atomic mass is 9.82. The third kappa shape index (κ3) is 22.9. The number of hydrogen-bond donors (Lipinski definition) is 10. The number of hydrogen-bond acceptors (Lipinski definition) is 22. The van der Waals surface area contributed by atoms with Crippen molar-refractivity contribution in [2.45, 2.75) is 199 Å². The second kappa shape index (κ2) is 42.2. The first kappa shape index (κ1) is 98.1. The average molecular weight is 1910 g/mol. The topological polar surface area (TPSA) is 471 Å². The third-order valence-corrected chi connectivity index (χ3v) is 33.0. The lowest BCUT2D eigenvalue weighted by Gasteiger charge is -2.33. The molecule has 2 fully saturated rings. The molecule has 16 rings (SSSR count). The van der Waals surface area contributed by atoms with Gasteiger partial charge < -0.3 is 52.7 Å². The van der Waals surface area contributed by atoms with E-state index in [2.05, 4.69) is 88.0 Å². The number of halogens is 2. The van der Waals surface area contributed by atoms with Crippen molar-refractivity contribution in [1.29, 1.82) is 0 Å². The molecule has 4 amide bonds. The summed E-state index contributed by atoms with van der Waals surface area (Å²) in [4.78, 5) is 101. The average Bonchev–Trinajstić information content (AvgIpc) is 1.56. The molecule has 2 aliphatic rings. The van der Waals surface area contributed by atoms with Crippen LogP contribution in [0, 0.1) is 24.6 Å². The van der Waals surface area contributed by atoms with E-state index in [9.17, 15) is 57.2 Å². The van der Waals surface area contributed by atoms with Gasteiger partial charge in [-0.2, -0.15) is 0 Å². The lowest BCUT2D eigenvalue weighted by molar-refractivity contribution is 0.0929. The quantitative estimate of drug-likeness (QED) is 0.0229. The molecule has 0 bridgehead atoms. The fourth-order valence-electron chi connectivity index (χ4n) is 15.6. The summed E-state index contributed by atoms with van der Waals surface area (Å²) in [6, 6.07) is 38.8. The number of aromatic amines is 4. The van der Waals surface area contributed by atoms with Crippen molar-refractivity contribution in [2.24, 2.45) is 23.3 Å². The van der Waals surface area contributed by atoms with Crippen LogP contribution in [-0.2, 0) is 45.9 Å². The molecule has 30 nitrogen and oxygen atoms in total. The van der Waals surface area contributed by atoms with Crippen LogP contribution in [-0.4, -0.2) is 163 Å². The zero-order valence-electron chi connectivity index (χ0n) is 75.6. The number of aromatic nitrogens is 12. The first-order valence-corrected chi connectivity index (χ1v) is 50.8. The molecule has 2 aliphatic carbocycles. The summed E-state index contributed by atoms with van der Waals surface area (Å²) in [5.74, 6) is -0.583. The van der Waals surface area contributed by atoms with Gasteiger partial charge in [0.1, 0.15) is 27.9 Å². The van der Waals surface area contributed by atoms with Crippen LogP contribution in [0.1, 0.15) is 201 Å². The molecule has 8 aromatic heterocycles. The van der Waals surface area contributed by atoms with Crippen molar-refractivity contribution < 1.29 is 61.5 Å². The maximum absolute atomic E-state index is 14.1. The minimum atomic E-state index is -3.38. The van der Waals surface area contributed by atoms with Gasteiger partial charge >= 0.3 is 0 Å². The number of fused-ring (bicyclic) bond motifs is 4. The van der Waals surface area contributed by atoms with E-state index in [0.29, 0.717) is 115 Å². The molecule has 8 heterocycles. The van der Waals surface area contributed by atoms with Crippen molar-refractivity contribution in [3.8, 4) is 45.0 Å². The standard InChI is InChI=1S/C27H30N4O3S.C24H31N5O3S.C23H20ClFN4O3S.C23H29N5O3S.3H2/c1-5-6-23(19-9-7-18(4)8-10-19)31-27(32)22-15-28-26-25(22)30-24(16-29-26)20-11-13-21(14-12-20)35(33,34)17(2)3;1-15(2)33(31,32)19-9-7-18(8-10-19)21-14-27-23-22(29-21)20(13-26-23)24(30)28-12-17-5-3-16(11-25)4-6-17;1-13(2)33(31,32)16-8-6-14(7-9-16)19-12-27-22-21(29-19)17(11-26-22)23(30)28-10-15-4-3-5-18(24)20(15)25;1-15(2)32(30,31)17-8-6-16(7-9-17)19-13-26-21-20(28-19)18(12-25-21)22(29)27-14-23(24)10-4-3-5-11-23;;;/h7-17,23H,5-6H2,1-4H3,(H,28,29)(H,31,32);7-10,13-17H,3-6,11-12,25H2,1-2H3,(H,26,27)(H,28,30);3-9,11-13H,10H2,1-2H3,(H,26,27)(H,28,30);6-9,12-13,15H,3-5,10-11,14,24H2,1-2H3,(H,25,26)(H,27,29);3*1H/t23-;;;;;;/m1....../s1. The van der Waals surface area contributed by atoms with Crippen LogP contribution in [0.5, 0.6) is 0 Å². The fraction of sp³-hybridized carbons (Fsp3) is 0.340. The van der Waals surface area contributed by atoms with Crippen LogP contribution >= 0.6 is 11.6 Å². The van der Waals surface area contributed by atoms with Gasteiger partial charge in [-0.05, 0) is 186 Å². The van der Waals surface area contributed by atoms with Crippen molar-refractivity contribution in [3.05, 3.63) is 239 Å². The molecule has 133 heavy (non-hydrogen) atoms. The molecule has 12 N–H and O–H groups in total. The molecule has 0 aliphatic heterocycles. The number of H-pyrrole nitrogens is 4. The van der Waals surface area contributed by atoms with Gasteiger partial charge in [0, 0.05) is 82.1 Å². The second-order valence-electron chi connectivity index (χ2n) is 34.7. The highest BCUT2D eigenvalue weighted by atomic mass is 35.5. The Bertz CT molecular complexity index is 7040. The van der Waals surface area contributed by atoms with Gasteiger partial charge in [0.25, 0.3) is 23.6 Å². The Balaban J connectivity index is 0.000000186. The van der Waals surface area contributed by atoms with Crippen LogP contribution in [0.3, 0.4) is 0 Å². The lowest BCUT2D eigenvalue weighted by Crippen LogP contribution is -2.51. The van der Waals surface area contributed by atoms with Gasteiger partial charge in [-0.15, -0.1) is 0 Å². The summed E-state index contributed by atoms with van der Waals surface area (Å²) in [7, 11) is -13.4. The first-order chi connectivity index (χ1) is 63.4. The highest BCUT2D eigenvalue weighted by Crippen LogP contribution is 2.34. The van der Waals surface area contributed by atoms with Gasteiger partial charge in [-0.25, -0.2) is 77.9 Å². The van der Waals surface area contributed by atoms with E-state index in [0.717, 1.165) is 93.0 Å². The number of nitrogens with zero attached hydrogens (tertiary/aromatic N) is 8. The predicted octanol–water partition coefficient (Wildman–Crippen LogP) is 17.2. The maximum Gasteiger partial charge on any atom is 0.255 e. The molecule has 704 valence electrons. The molecular formula is C97H116ClFN18O12S4. The largest absolute Gasteiger partial charge is 0.352 e. The summed E-state index contributed by atoms with van der Waals surface area (Å²) >= 11 is 5.79. The van der Waals surface area contributed by atoms with Gasteiger partial charge in [0.05, 0.1) is 121 Å². The van der Waals surface area contributed by atoms with Gasteiger partial charge in [-0.3, -0.25) is 19.2 Å². The molecule has 0 spiro atoms. The first-order valence-electron chi connectivity index (χ1n) is 44.3. The molecule has 6 aromatic carbocycles. The number of sulfone groups is 4. The SMILES string of the molecule is CC(C)S(=O)(=O)c1ccc(-c2cnc3[nH]cc(C(=O)NCC4(N)CCCCC4)c3n2)cc1.CC(C)S(=O)(=O)c1ccc(-c2cnc3[nH]cc(C(=O)NCC4CCC(CN)CC4)c3n2)cc1.CC(C)S(=O)(=O)c1ccc(-c2cnc3[nH]cc(C(=O)NCc4cccc(Cl)c4F)c3n2)cc1.CCC[C@@H](NC(=O)c1c[nH]c2ncc(-c3ccc(S(=O)(=O)C(C)C)cc3)nc12)c1ccc(C)cc1.[HH].[HH].[HH]. The van der Waals surface area contributed by atoms with Crippen LogP contribution in [0.15, 0.2) is 209 Å². The predicted molar refractivity (Wildman–Crippen MR) is 521 cm³/mol. The van der Waals surface area contributed by atoms with Gasteiger partial charge in [0.15, 0.2) is 61.9 Å². The van der Waals surface area contributed by atoms with E-state index in [1.165, 1.54) is 48.6 Å². The number of nitrogens with two attached hydrogens (primary N) is 2. The summed E-state index contributed by atoms with van der Waals surface area (Å²) in [6.45, 7) is 19.1. The molecule has 2 saturated carbocycles. The van der Waals surface area contributed by atoms with E-state index < -0.39 is 72.1 Å². The molecule has 0 radical (unpaired) electrons. The third-order valence-electron chi connectivity index (χ3n) is 24.0. The smallest absolute Gasteiger partial charge is 0.255 e. The summed E-state index contributed by atoms with van der Waals surface area (Å²) in [5, 5.41) is 9.80. The van der Waals surface area contributed by atoms with E-state index in [1.54, 1.807) is 184 Å². The summed E-state index contributed by atoms with van der Waals surface area (Å²) < 4.78 is 113. The van der Waals surface area contributed by atoms with E-state index in [-0.39, 0.29) is 75.9 Å². The molecular weight excluding hydrogens is 1790 g/mol. The molecule has 0 saturated heterocycles. The van der Waals surface area contributed by atoms with Crippen LogP contribution in [0.4, 0.5) is 4.39 Å². The molecule has 14 aromatic rings. The monoisotopic (exact) mass is 1910 g/mol. The van der Waals surface area contributed by atoms with E-state index in [4.69, 9.17) is 23.1 Å². The van der Waals surface area contributed by atoms with Crippen molar-refractivity contribution in [1.82, 2.24) is 81.1 Å². The number of carbonyl (C=O) groups excluding carboxylic acids is 4. The Kier molecular flexibility index (Phi) is 31.2. The zero-order chi connectivity index (χ0) is 95.4. The molecule has 0 unspecified atom stereocenters.